The van der Waals surface area contributed by atoms with E-state index < -0.39 is 0 Å². The lowest BCUT2D eigenvalue weighted by molar-refractivity contribution is 0.434. The number of nitrogens with one attached hydrogen (secondary N) is 1. The van der Waals surface area contributed by atoms with E-state index >= 15 is 0 Å². The van der Waals surface area contributed by atoms with Crippen LogP contribution in [0.2, 0.25) is 0 Å². The fraction of sp³-hybridized carbons (Fsp3) is 0.0588. The van der Waals surface area contributed by atoms with Crippen LogP contribution in [-0.4, -0.2) is 29.7 Å². The molecule has 0 bridgehead atoms. The predicted octanol–water partition coefficient (Wildman–Crippen LogP) is 3.07. The van der Waals surface area contributed by atoms with Crippen molar-refractivity contribution in [1.82, 2.24) is 24.6 Å². The summed E-state index contributed by atoms with van der Waals surface area (Å²) in [7, 11) is 0. The summed E-state index contributed by atoms with van der Waals surface area (Å²) in [6.45, 7) is 1.78. The van der Waals surface area contributed by atoms with Gasteiger partial charge in [0.05, 0.1) is 0 Å². The fourth-order valence-corrected chi connectivity index (χ4v) is 2.30. The smallest absolute Gasteiger partial charge is 0.257 e. The molecule has 0 spiro atoms. The van der Waals surface area contributed by atoms with Crippen molar-refractivity contribution in [3.63, 3.8) is 0 Å². The van der Waals surface area contributed by atoms with E-state index in [1.54, 1.807) is 31.5 Å². The van der Waals surface area contributed by atoms with Crippen LogP contribution in [0, 0.1) is 6.92 Å². The molecule has 0 saturated heterocycles. The maximum Gasteiger partial charge on any atom is 0.257 e. The van der Waals surface area contributed by atoms with Crippen molar-refractivity contribution in [2.75, 3.05) is 5.32 Å². The van der Waals surface area contributed by atoms with Gasteiger partial charge in [0, 0.05) is 29.8 Å². The van der Waals surface area contributed by atoms with Crippen LogP contribution in [-0.2, 0) is 0 Å². The highest BCUT2D eigenvalue weighted by molar-refractivity contribution is 5.56. The molecule has 0 unspecified atom stereocenters. The Bertz CT molecular complexity index is 1010. The molecule has 1 aromatic carbocycles. The Labute approximate surface area is 142 Å². The zero-order valence-corrected chi connectivity index (χ0v) is 13.3. The third-order valence-electron chi connectivity index (χ3n) is 3.42. The Morgan fingerprint density at radius 1 is 1.00 bits per heavy atom. The molecule has 2 N–H and O–H groups in total. The first-order chi connectivity index (χ1) is 12.2. The number of nitrogens with zero attached hydrogens (tertiary/aromatic N) is 5. The summed E-state index contributed by atoms with van der Waals surface area (Å²) in [4.78, 5) is 12.4. The van der Waals surface area contributed by atoms with Crippen molar-refractivity contribution in [2.24, 2.45) is 0 Å². The number of anilines is 2. The van der Waals surface area contributed by atoms with Crippen LogP contribution in [0.5, 0.6) is 17.4 Å². The van der Waals surface area contributed by atoms with Crippen LogP contribution in [0.3, 0.4) is 0 Å². The molecule has 0 amide bonds. The van der Waals surface area contributed by atoms with E-state index in [9.17, 15) is 5.11 Å². The fourth-order valence-electron chi connectivity index (χ4n) is 2.30. The minimum Gasteiger partial charge on any atom is -0.493 e. The third-order valence-corrected chi connectivity index (χ3v) is 3.42. The summed E-state index contributed by atoms with van der Waals surface area (Å²) in [5.74, 6) is 2.09. The van der Waals surface area contributed by atoms with Crippen molar-refractivity contribution in [2.45, 2.75) is 6.92 Å². The highest BCUT2D eigenvalue weighted by Crippen LogP contribution is 2.23. The first kappa shape index (κ1) is 14.9. The van der Waals surface area contributed by atoms with Crippen molar-refractivity contribution in [3.8, 4) is 17.4 Å². The van der Waals surface area contributed by atoms with E-state index in [0.717, 1.165) is 11.4 Å². The number of aryl methyl sites for hydroxylation is 1. The van der Waals surface area contributed by atoms with E-state index in [1.165, 1.54) is 10.6 Å². The van der Waals surface area contributed by atoms with Crippen LogP contribution >= 0.6 is 0 Å². The highest BCUT2D eigenvalue weighted by atomic mass is 16.5. The maximum absolute atomic E-state index is 9.88. The van der Waals surface area contributed by atoms with Gasteiger partial charge < -0.3 is 15.2 Å². The van der Waals surface area contributed by atoms with E-state index in [1.807, 2.05) is 24.3 Å². The first-order valence-corrected chi connectivity index (χ1v) is 7.56. The van der Waals surface area contributed by atoms with Gasteiger partial charge in [-0.25, -0.2) is 4.98 Å². The summed E-state index contributed by atoms with van der Waals surface area (Å²) in [6.07, 6.45) is 3.34. The molecule has 4 rings (SSSR count). The number of fused-ring (bicyclic) bond motifs is 1. The Hall–Kier alpha value is -3.68. The average molecular weight is 334 g/mol. The molecular formula is C17H14N6O2. The Kier molecular flexibility index (Phi) is 3.62. The topological polar surface area (TPSA) is 97.5 Å². The molecule has 8 nitrogen and oxygen atoms in total. The van der Waals surface area contributed by atoms with Gasteiger partial charge in [0.15, 0.2) is 0 Å². The van der Waals surface area contributed by atoms with Crippen molar-refractivity contribution >= 4 is 17.4 Å². The van der Waals surface area contributed by atoms with Gasteiger partial charge in [-0.15, -0.1) is 5.10 Å². The SMILES string of the molecule is Cc1cc(O)n2nc(Nc3ccc(Oc4ccncc4)cc3)nc2n1. The van der Waals surface area contributed by atoms with Gasteiger partial charge in [0.2, 0.25) is 11.8 Å². The summed E-state index contributed by atoms with van der Waals surface area (Å²) in [5, 5.41) is 17.1. The molecule has 0 aliphatic rings. The van der Waals surface area contributed by atoms with Crippen LogP contribution in [0.15, 0.2) is 54.9 Å². The molecule has 0 saturated carbocycles. The van der Waals surface area contributed by atoms with E-state index in [4.69, 9.17) is 4.74 Å². The second kappa shape index (κ2) is 6.08. The Morgan fingerprint density at radius 2 is 1.72 bits per heavy atom. The molecular weight excluding hydrogens is 320 g/mol. The van der Waals surface area contributed by atoms with Crippen molar-refractivity contribution in [1.29, 1.82) is 0 Å². The molecule has 25 heavy (non-hydrogen) atoms. The molecule has 0 fully saturated rings. The molecule has 0 aliphatic carbocycles. The van der Waals surface area contributed by atoms with Crippen LogP contribution < -0.4 is 10.1 Å². The molecule has 8 heteroatoms. The second-order valence-electron chi connectivity index (χ2n) is 5.34. The monoisotopic (exact) mass is 334 g/mol. The normalized spacial score (nSPS) is 10.8. The molecule has 0 aliphatic heterocycles. The quantitative estimate of drug-likeness (QED) is 0.592. The van der Waals surface area contributed by atoms with E-state index in [2.05, 4.69) is 25.4 Å². The van der Waals surface area contributed by atoms with Crippen LogP contribution in [0.4, 0.5) is 11.6 Å². The number of hydrogen-bond acceptors (Lipinski definition) is 7. The van der Waals surface area contributed by atoms with Crippen molar-refractivity contribution in [3.05, 3.63) is 60.6 Å². The number of pyridine rings is 1. The Morgan fingerprint density at radius 3 is 2.48 bits per heavy atom. The number of aromatic hydroxyl groups is 1. The first-order valence-electron chi connectivity index (χ1n) is 7.56. The third kappa shape index (κ3) is 3.18. The molecule has 3 aromatic heterocycles. The number of benzene rings is 1. The zero-order valence-electron chi connectivity index (χ0n) is 13.3. The highest BCUT2D eigenvalue weighted by Gasteiger charge is 2.09. The molecule has 0 radical (unpaired) electrons. The van der Waals surface area contributed by atoms with Gasteiger partial charge in [-0.2, -0.15) is 9.50 Å². The largest absolute Gasteiger partial charge is 0.493 e. The van der Waals surface area contributed by atoms with Gasteiger partial charge in [-0.1, -0.05) is 0 Å². The minimum atomic E-state index is -0.0100. The lowest BCUT2D eigenvalue weighted by Crippen LogP contribution is -1.94. The van der Waals surface area contributed by atoms with Gasteiger partial charge in [-0.05, 0) is 43.3 Å². The lowest BCUT2D eigenvalue weighted by atomic mass is 10.3. The molecule has 4 aromatic rings. The van der Waals surface area contributed by atoms with Crippen molar-refractivity contribution < 1.29 is 9.84 Å². The lowest BCUT2D eigenvalue weighted by Gasteiger charge is -2.06. The standard InChI is InChI=1S/C17H14N6O2/c1-11-10-15(24)23-17(19-11)21-16(22-23)20-12-2-4-13(5-3-12)25-14-6-8-18-9-7-14/h2-10,24H,1H3,(H,20,22). The van der Waals surface area contributed by atoms with Gasteiger partial charge in [0.25, 0.3) is 5.78 Å². The number of hydrogen-bond donors (Lipinski definition) is 2. The molecule has 3 heterocycles. The molecule has 0 atom stereocenters. The van der Waals surface area contributed by atoms with Gasteiger partial charge >= 0.3 is 0 Å². The second-order valence-corrected chi connectivity index (χ2v) is 5.34. The number of ether oxygens (including phenoxy) is 1. The van der Waals surface area contributed by atoms with E-state index in [-0.39, 0.29) is 5.88 Å². The average Bonchev–Trinajstić information content (AvgIpc) is 3.00. The van der Waals surface area contributed by atoms with Crippen LogP contribution in [0.25, 0.3) is 5.78 Å². The summed E-state index contributed by atoms with van der Waals surface area (Å²) in [5.41, 5.74) is 1.45. The van der Waals surface area contributed by atoms with E-state index in [0.29, 0.717) is 23.2 Å². The maximum atomic E-state index is 9.88. The summed E-state index contributed by atoms with van der Waals surface area (Å²) < 4.78 is 6.99. The summed E-state index contributed by atoms with van der Waals surface area (Å²) in [6, 6.07) is 12.5. The molecule has 124 valence electrons. The van der Waals surface area contributed by atoms with Gasteiger partial charge in [-0.3, -0.25) is 4.98 Å². The zero-order chi connectivity index (χ0) is 17.2. The summed E-state index contributed by atoms with van der Waals surface area (Å²) >= 11 is 0. The number of aromatic nitrogens is 5. The number of rotatable bonds is 4. The minimum absolute atomic E-state index is 0.0100. The van der Waals surface area contributed by atoms with Gasteiger partial charge in [0.1, 0.15) is 11.5 Å². The Balaban J connectivity index is 1.52. The van der Waals surface area contributed by atoms with Crippen LogP contribution in [0.1, 0.15) is 5.69 Å². The predicted molar refractivity (Wildman–Crippen MR) is 91.2 cm³/mol.